The lowest BCUT2D eigenvalue weighted by molar-refractivity contribution is 0.116. The molecule has 5 rings (SSSR count). The van der Waals surface area contributed by atoms with Crippen molar-refractivity contribution in [3.63, 3.8) is 0 Å². The van der Waals surface area contributed by atoms with E-state index in [1.54, 1.807) is 6.07 Å². The third-order valence-electron chi connectivity index (χ3n) is 5.73. The lowest BCUT2D eigenvalue weighted by Crippen LogP contribution is -2.39. The maximum atomic E-state index is 13.7. The molecule has 0 amide bonds. The van der Waals surface area contributed by atoms with Gasteiger partial charge in [-0.25, -0.2) is 22.7 Å². The van der Waals surface area contributed by atoms with Gasteiger partial charge in [-0.3, -0.25) is 0 Å². The van der Waals surface area contributed by atoms with Crippen LogP contribution < -0.4 is 9.21 Å². The number of anilines is 2. The topological polar surface area (TPSA) is 75.6 Å². The number of hydrogen-bond acceptors (Lipinski definition) is 6. The average molecular weight is 425 g/mol. The molecule has 7 nitrogen and oxygen atoms in total. The lowest BCUT2D eigenvalue weighted by atomic mass is 10.2. The van der Waals surface area contributed by atoms with Crippen LogP contribution in [-0.2, 0) is 14.8 Å². The quantitative estimate of drug-likeness (QED) is 0.639. The van der Waals surface area contributed by atoms with Crippen LogP contribution in [0.4, 0.5) is 11.6 Å². The Balaban J connectivity index is 1.63. The van der Waals surface area contributed by atoms with Crippen LogP contribution in [0.5, 0.6) is 0 Å². The zero-order valence-corrected chi connectivity index (χ0v) is 17.9. The van der Waals surface area contributed by atoms with E-state index in [1.165, 1.54) is 4.31 Å². The molecule has 0 bridgehead atoms. The van der Waals surface area contributed by atoms with E-state index in [9.17, 15) is 8.42 Å². The third-order valence-corrected chi connectivity index (χ3v) is 7.59. The number of para-hydroxylation sites is 2. The Kier molecular flexibility index (Phi) is 4.63. The summed E-state index contributed by atoms with van der Waals surface area (Å²) in [6, 6.07) is 13.0. The fourth-order valence-electron chi connectivity index (χ4n) is 4.12. The molecule has 0 unspecified atom stereocenters. The maximum Gasteiger partial charge on any atom is 0.267 e. The van der Waals surface area contributed by atoms with Crippen molar-refractivity contribution in [1.29, 1.82) is 0 Å². The molecule has 156 valence electrons. The van der Waals surface area contributed by atoms with Crippen molar-refractivity contribution in [2.75, 3.05) is 29.0 Å². The van der Waals surface area contributed by atoms with Crippen LogP contribution in [0.3, 0.4) is 0 Å². The molecule has 2 aliphatic rings. The highest BCUT2D eigenvalue weighted by Gasteiger charge is 2.39. The van der Waals surface area contributed by atoms with Crippen molar-refractivity contribution in [2.24, 2.45) is 0 Å². The fraction of sp³-hybridized carbons (Fsp3) is 0.364. The molecule has 0 radical (unpaired) electrons. The Morgan fingerprint density at radius 3 is 2.50 bits per heavy atom. The molecule has 3 aromatic rings. The Bertz CT molecular complexity index is 1220. The summed E-state index contributed by atoms with van der Waals surface area (Å²) < 4.78 is 34.6. The van der Waals surface area contributed by atoms with Gasteiger partial charge in [0, 0.05) is 13.2 Å². The average Bonchev–Trinajstić information content (AvgIpc) is 3.37. The second kappa shape index (κ2) is 7.21. The third kappa shape index (κ3) is 3.20. The molecule has 2 aromatic carbocycles. The minimum absolute atomic E-state index is 0.0782. The zero-order valence-electron chi connectivity index (χ0n) is 17.1. The monoisotopic (exact) mass is 424 g/mol. The van der Waals surface area contributed by atoms with E-state index in [0.717, 1.165) is 30.5 Å². The first-order valence-electron chi connectivity index (χ1n) is 10.2. The Morgan fingerprint density at radius 2 is 1.80 bits per heavy atom. The molecule has 2 aliphatic heterocycles. The van der Waals surface area contributed by atoms with Crippen LogP contribution in [0.1, 0.15) is 24.0 Å². The van der Waals surface area contributed by atoms with E-state index >= 15 is 0 Å². The van der Waals surface area contributed by atoms with Crippen LogP contribution in [0, 0.1) is 13.8 Å². The van der Waals surface area contributed by atoms with E-state index in [1.807, 2.05) is 55.1 Å². The number of benzene rings is 2. The Morgan fingerprint density at radius 1 is 1.07 bits per heavy atom. The van der Waals surface area contributed by atoms with E-state index in [0.29, 0.717) is 34.2 Å². The van der Waals surface area contributed by atoms with Gasteiger partial charge in [0.2, 0.25) is 0 Å². The molecule has 1 aromatic heterocycles. The summed E-state index contributed by atoms with van der Waals surface area (Å²) in [5.41, 5.74) is 3.05. The summed E-state index contributed by atoms with van der Waals surface area (Å²) in [6.45, 7) is 5.24. The van der Waals surface area contributed by atoms with Gasteiger partial charge in [-0.05, 0) is 56.0 Å². The van der Waals surface area contributed by atoms with Gasteiger partial charge in [0.1, 0.15) is 6.67 Å². The first-order valence-corrected chi connectivity index (χ1v) is 11.6. The fourth-order valence-corrected chi connectivity index (χ4v) is 5.81. The van der Waals surface area contributed by atoms with Crippen LogP contribution in [0.15, 0.2) is 47.4 Å². The number of aromatic nitrogens is 2. The van der Waals surface area contributed by atoms with Crippen molar-refractivity contribution in [2.45, 2.75) is 37.7 Å². The highest BCUT2D eigenvalue weighted by molar-refractivity contribution is 7.93. The standard InChI is InChI=1S/C22H24N4O3S/c1-15-9-10-16(2)20(12-15)30(27,28)26-14-25(13-17-6-5-11-29-17)21-22(26)24-19-8-4-3-7-18(19)23-21/h3-4,7-10,12,17H,5-6,11,13-14H2,1-2H3/t17-/m1/s1. The summed E-state index contributed by atoms with van der Waals surface area (Å²) in [5, 5.41) is 0. The normalized spacial score (nSPS) is 18.9. The molecule has 0 aliphatic carbocycles. The molecule has 0 saturated carbocycles. The molecule has 0 spiro atoms. The number of sulfonamides is 1. The van der Waals surface area contributed by atoms with Crippen molar-refractivity contribution in [3.05, 3.63) is 53.6 Å². The highest BCUT2D eigenvalue weighted by Crippen LogP contribution is 2.38. The minimum atomic E-state index is -3.79. The number of aryl methyl sites for hydroxylation is 2. The predicted molar refractivity (Wildman–Crippen MR) is 116 cm³/mol. The van der Waals surface area contributed by atoms with Crippen molar-refractivity contribution in [3.8, 4) is 0 Å². The number of hydrogen-bond donors (Lipinski definition) is 0. The molecule has 3 heterocycles. The van der Waals surface area contributed by atoms with Crippen molar-refractivity contribution < 1.29 is 13.2 Å². The van der Waals surface area contributed by atoms with Gasteiger partial charge < -0.3 is 9.64 Å². The SMILES string of the molecule is Cc1ccc(C)c(S(=O)(=O)N2CN(C[C@H]3CCCO3)c3nc4ccccc4nc32)c1. The zero-order chi connectivity index (χ0) is 20.9. The number of nitrogens with zero attached hydrogens (tertiary/aromatic N) is 4. The van der Waals surface area contributed by atoms with Crippen LogP contribution >= 0.6 is 0 Å². The summed E-state index contributed by atoms with van der Waals surface area (Å²) in [7, 11) is -3.79. The maximum absolute atomic E-state index is 13.7. The Labute approximate surface area is 176 Å². The molecule has 1 saturated heterocycles. The Hall–Kier alpha value is -2.71. The van der Waals surface area contributed by atoms with Gasteiger partial charge in [-0.1, -0.05) is 24.3 Å². The van der Waals surface area contributed by atoms with Crippen LogP contribution in [-0.4, -0.2) is 44.3 Å². The number of ether oxygens (including phenoxy) is 1. The minimum Gasteiger partial charge on any atom is -0.376 e. The van der Waals surface area contributed by atoms with Gasteiger partial charge in [0.15, 0.2) is 11.6 Å². The van der Waals surface area contributed by atoms with E-state index < -0.39 is 10.0 Å². The van der Waals surface area contributed by atoms with E-state index in [-0.39, 0.29) is 12.8 Å². The van der Waals surface area contributed by atoms with Crippen LogP contribution in [0.2, 0.25) is 0 Å². The summed E-state index contributed by atoms with van der Waals surface area (Å²) >= 11 is 0. The van der Waals surface area contributed by atoms with E-state index in [4.69, 9.17) is 14.7 Å². The summed E-state index contributed by atoms with van der Waals surface area (Å²) in [6.07, 6.45) is 2.07. The predicted octanol–water partition coefficient (Wildman–Crippen LogP) is 3.40. The summed E-state index contributed by atoms with van der Waals surface area (Å²) in [4.78, 5) is 11.8. The lowest BCUT2D eigenvalue weighted by Gasteiger charge is -2.23. The first kappa shape index (κ1) is 19.3. The van der Waals surface area contributed by atoms with Crippen molar-refractivity contribution >= 4 is 32.7 Å². The molecule has 1 fully saturated rings. The molecular weight excluding hydrogens is 400 g/mol. The van der Waals surface area contributed by atoms with Gasteiger partial charge in [0.25, 0.3) is 10.0 Å². The number of fused-ring (bicyclic) bond motifs is 2. The molecule has 1 atom stereocenters. The second-order valence-corrected chi connectivity index (χ2v) is 9.81. The van der Waals surface area contributed by atoms with Gasteiger partial charge >= 0.3 is 0 Å². The molecule has 30 heavy (non-hydrogen) atoms. The molecule has 8 heteroatoms. The van der Waals surface area contributed by atoms with Crippen LogP contribution in [0.25, 0.3) is 11.0 Å². The number of rotatable bonds is 4. The highest BCUT2D eigenvalue weighted by atomic mass is 32.2. The van der Waals surface area contributed by atoms with E-state index in [2.05, 4.69) is 0 Å². The van der Waals surface area contributed by atoms with Gasteiger partial charge in [-0.2, -0.15) is 0 Å². The van der Waals surface area contributed by atoms with Gasteiger partial charge in [-0.15, -0.1) is 0 Å². The second-order valence-electron chi connectivity index (χ2n) is 7.98. The summed E-state index contributed by atoms with van der Waals surface area (Å²) in [5.74, 6) is 0.977. The molecule has 0 N–H and O–H groups in total. The smallest absolute Gasteiger partial charge is 0.267 e. The first-order chi connectivity index (χ1) is 14.4. The van der Waals surface area contributed by atoms with Gasteiger partial charge in [0.05, 0.1) is 22.0 Å². The largest absolute Gasteiger partial charge is 0.376 e. The van der Waals surface area contributed by atoms with Crippen molar-refractivity contribution in [1.82, 2.24) is 9.97 Å². The molecular formula is C22H24N4O3S.